The van der Waals surface area contributed by atoms with Crippen molar-refractivity contribution >= 4 is 5.97 Å². The minimum absolute atomic E-state index is 0.0329. The first-order valence-electron chi connectivity index (χ1n) is 6.76. The molecular formula is C15H15FN2O3. The first-order chi connectivity index (χ1) is 10.1. The minimum atomic E-state index is -0.984. The second-order valence-corrected chi connectivity index (χ2v) is 5.12. The lowest BCUT2D eigenvalue weighted by Gasteiger charge is -2.05. The van der Waals surface area contributed by atoms with E-state index in [0.717, 1.165) is 12.0 Å². The summed E-state index contributed by atoms with van der Waals surface area (Å²) in [5, 5.41) is 13.7. The number of rotatable bonds is 4. The van der Waals surface area contributed by atoms with Gasteiger partial charge in [0.2, 0.25) is 0 Å². The number of ether oxygens (including phenoxy) is 1. The molecule has 1 N–H and O–H groups in total. The van der Waals surface area contributed by atoms with E-state index in [-0.39, 0.29) is 17.3 Å². The molecule has 1 fully saturated rings. The van der Waals surface area contributed by atoms with Gasteiger partial charge >= 0.3 is 5.97 Å². The lowest BCUT2D eigenvalue weighted by atomic mass is 10.0. The van der Waals surface area contributed by atoms with E-state index in [2.05, 4.69) is 5.10 Å². The minimum Gasteiger partial charge on any atom is -0.478 e. The van der Waals surface area contributed by atoms with Gasteiger partial charge in [-0.05, 0) is 24.1 Å². The highest BCUT2D eigenvalue weighted by atomic mass is 19.1. The number of benzene rings is 1. The Morgan fingerprint density at radius 2 is 2.19 bits per heavy atom. The molecule has 1 aliphatic rings. The second kappa shape index (κ2) is 5.65. The van der Waals surface area contributed by atoms with Crippen LogP contribution < -0.4 is 0 Å². The Morgan fingerprint density at radius 1 is 1.43 bits per heavy atom. The summed E-state index contributed by atoms with van der Waals surface area (Å²) in [7, 11) is 0. The van der Waals surface area contributed by atoms with Crippen LogP contribution in [-0.2, 0) is 11.3 Å². The van der Waals surface area contributed by atoms with Gasteiger partial charge in [-0.1, -0.05) is 12.1 Å². The quantitative estimate of drug-likeness (QED) is 0.938. The zero-order chi connectivity index (χ0) is 14.8. The zero-order valence-corrected chi connectivity index (χ0v) is 11.3. The number of hydrogen-bond acceptors (Lipinski definition) is 3. The number of carboxylic acids is 1. The van der Waals surface area contributed by atoms with E-state index in [1.54, 1.807) is 16.8 Å². The summed E-state index contributed by atoms with van der Waals surface area (Å²) in [5.74, 6) is -1.25. The fourth-order valence-electron chi connectivity index (χ4n) is 2.51. The molecule has 3 rings (SSSR count). The van der Waals surface area contributed by atoms with Crippen LogP contribution in [0.1, 0.15) is 34.0 Å². The van der Waals surface area contributed by atoms with Gasteiger partial charge in [0.05, 0.1) is 18.8 Å². The molecule has 1 saturated heterocycles. The molecule has 6 heteroatoms. The van der Waals surface area contributed by atoms with E-state index in [0.29, 0.717) is 25.5 Å². The molecule has 0 amide bonds. The molecule has 0 aliphatic carbocycles. The molecule has 0 spiro atoms. The predicted molar refractivity (Wildman–Crippen MR) is 72.9 cm³/mol. The second-order valence-electron chi connectivity index (χ2n) is 5.12. The summed E-state index contributed by atoms with van der Waals surface area (Å²) < 4.78 is 19.8. The topological polar surface area (TPSA) is 64.3 Å². The van der Waals surface area contributed by atoms with Crippen molar-refractivity contribution in [3.05, 3.63) is 53.1 Å². The Labute approximate surface area is 121 Å². The van der Waals surface area contributed by atoms with Crippen molar-refractivity contribution < 1.29 is 19.0 Å². The maximum atomic E-state index is 12.9. The molecule has 0 bridgehead atoms. The SMILES string of the molecule is O=C(O)c1cn(Cc2ccc(F)cc2)nc1C1CCOC1. The Balaban J connectivity index is 1.87. The smallest absolute Gasteiger partial charge is 0.339 e. The summed E-state index contributed by atoms with van der Waals surface area (Å²) in [6.45, 7) is 1.55. The van der Waals surface area contributed by atoms with Gasteiger partial charge < -0.3 is 9.84 Å². The lowest BCUT2D eigenvalue weighted by Crippen LogP contribution is -2.06. The van der Waals surface area contributed by atoms with E-state index >= 15 is 0 Å². The van der Waals surface area contributed by atoms with Crippen LogP contribution in [0.5, 0.6) is 0 Å². The van der Waals surface area contributed by atoms with E-state index in [9.17, 15) is 14.3 Å². The standard InChI is InChI=1S/C15H15FN2O3/c16-12-3-1-10(2-4-12)7-18-8-13(15(19)20)14(17-18)11-5-6-21-9-11/h1-4,8,11H,5-7,9H2,(H,19,20). The van der Waals surface area contributed by atoms with Gasteiger partial charge in [0, 0.05) is 18.7 Å². The number of carbonyl (C=O) groups is 1. The van der Waals surface area contributed by atoms with Gasteiger partial charge in [-0.3, -0.25) is 4.68 Å². The first kappa shape index (κ1) is 13.8. The molecule has 1 aliphatic heterocycles. The van der Waals surface area contributed by atoms with E-state index in [1.807, 2.05) is 0 Å². The number of hydrogen-bond donors (Lipinski definition) is 1. The summed E-state index contributed by atoms with van der Waals surface area (Å²) >= 11 is 0. The Hall–Kier alpha value is -2.21. The fraction of sp³-hybridized carbons (Fsp3) is 0.333. The van der Waals surface area contributed by atoms with Crippen LogP contribution in [0.3, 0.4) is 0 Å². The zero-order valence-electron chi connectivity index (χ0n) is 11.3. The number of aromatic carboxylic acids is 1. The third-order valence-corrected chi connectivity index (χ3v) is 3.59. The fourth-order valence-corrected chi connectivity index (χ4v) is 2.51. The number of nitrogens with zero attached hydrogens (tertiary/aromatic N) is 2. The van der Waals surface area contributed by atoms with Crippen molar-refractivity contribution in [3.8, 4) is 0 Å². The summed E-state index contributed by atoms with van der Waals surface area (Å²) in [6, 6.07) is 6.08. The van der Waals surface area contributed by atoms with Crippen LogP contribution >= 0.6 is 0 Å². The third-order valence-electron chi connectivity index (χ3n) is 3.59. The number of carboxylic acid groups (broad SMARTS) is 1. The lowest BCUT2D eigenvalue weighted by molar-refractivity contribution is 0.0695. The molecule has 1 atom stereocenters. The Kier molecular flexibility index (Phi) is 3.70. The first-order valence-corrected chi connectivity index (χ1v) is 6.76. The average Bonchev–Trinajstić information content (AvgIpc) is 3.10. The molecule has 5 nitrogen and oxygen atoms in total. The molecule has 1 unspecified atom stereocenters. The Bertz CT molecular complexity index is 645. The molecule has 0 saturated carbocycles. The molecule has 2 aromatic rings. The largest absolute Gasteiger partial charge is 0.478 e. The van der Waals surface area contributed by atoms with Crippen molar-refractivity contribution in [1.29, 1.82) is 0 Å². The van der Waals surface area contributed by atoms with Crippen LogP contribution in [0.15, 0.2) is 30.5 Å². The molecule has 1 aromatic carbocycles. The highest BCUT2D eigenvalue weighted by molar-refractivity contribution is 5.88. The monoisotopic (exact) mass is 290 g/mol. The molecule has 2 heterocycles. The molecule has 0 radical (unpaired) electrons. The van der Waals surface area contributed by atoms with Gasteiger partial charge in [0.25, 0.3) is 0 Å². The maximum absolute atomic E-state index is 12.9. The molecular weight excluding hydrogens is 275 g/mol. The van der Waals surface area contributed by atoms with Crippen LogP contribution in [0, 0.1) is 5.82 Å². The molecule has 1 aromatic heterocycles. The number of aromatic nitrogens is 2. The highest BCUT2D eigenvalue weighted by Crippen LogP contribution is 2.27. The van der Waals surface area contributed by atoms with Crippen LogP contribution in [-0.4, -0.2) is 34.1 Å². The maximum Gasteiger partial charge on any atom is 0.339 e. The van der Waals surface area contributed by atoms with Gasteiger partial charge in [-0.25, -0.2) is 9.18 Å². The summed E-state index contributed by atoms with van der Waals surface area (Å²) in [4.78, 5) is 11.3. The van der Waals surface area contributed by atoms with Crippen LogP contribution in [0.2, 0.25) is 0 Å². The van der Waals surface area contributed by atoms with Crippen molar-refractivity contribution in [2.45, 2.75) is 18.9 Å². The average molecular weight is 290 g/mol. The van der Waals surface area contributed by atoms with Gasteiger partial charge in [0.15, 0.2) is 0 Å². The summed E-state index contributed by atoms with van der Waals surface area (Å²) in [6.07, 6.45) is 2.31. The van der Waals surface area contributed by atoms with E-state index in [1.165, 1.54) is 18.3 Å². The van der Waals surface area contributed by atoms with Crippen molar-refractivity contribution in [1.82, 2.24) is 9.78 Å². The normalized spacial score (nSPS) is 18.0. The van der Waals surface area contributed by atoms with E-state index in [4.69, 9.17) is 4.74 Å². The van der Waals surface area contributed by atoms with Gasteiger partial charge in [0.1, 0.15) is 11.4 Å². The predicted octanol–water partition coefficient (Wildman–Crippen LogP) is 2.27. The third kappa shape index (κ3) is 2.95. The van der Waals surface area contributed by atoms with Crippen LogP contribution in [0.25, 0.3) is 0 Å². The van der Waals surface area contributed by atoms with Crippen LogP contribution in [0.4, 0.5) is 4.39 Å². The molecule has 110 valence electrons. The van der Waals surface area contributed by atoms with Crippen molar-refractivity contribution in [2.24, 2.45) is 0 Å². The summed E-state index contributed by atoms with van der Waals surface area (Å²) in [5.41, 5.74) is 1.65. The Morgan fingerprint density at radius 3 is 2.81 bits per heavy atom. The van der Waals surface area contributed by atoms with E-state index < -0.39 is 5.97 Å². The number of halogens is 1. The molecule has 21 heavy (non-hydrogen) atoms. The van der Waals surface area contributed by atoms with Gasteiger partial charge in [-0.15, -0.1) is 0 Å². The van der Waals surface area contributed by atoms with Crippen molar-refractivity contribution in [3.63, 3.8) is 0 Å². The van der Waals surface area contributed by atoms with Crippen molar-refractivity contribution in [2.75, 3.05) is 13.2 Å². The van der Waals surface area contributed by atoms with Gasteiger partial charge in [-0.2, -0.15) is 5.10 Å². The highest BCUT2D eigenvalue weighted by Gasteiger charge is 2.26.